The van der Waals surface area contributed by atoms with Crippen molar-refractivity contribution in [1.29, 1.82) is 0 Å². The van der Waals surface area contributed by atoms with E-state index in [9.17, 15) is 9.59 Å². The van der Waals surface area contributed by atoms with Gasteiger partial charge in [0.25, 0.3) is 0 Å². The maximum atomic E-state index is 12.2. The Morgan fingerprint density at radius 1 is 1.09 bits per heavy atom. The molecular weight excluding hydrogens is 284 g/mol. The lowest BCUT2D eigenvalue weighted by atomic mass is 10.1. The van der Waals surface area contributed by atoms with Gasteiger partial charge in [0.1, 0.15) is 0 Å². The van der Waals surface area contributed by atoms with Gasteiger partial charge in [-0.05, 0) is 17.2 Å². The molecule has 7 heteroatoms. The second kappa shape index (κ2) is 5.80. The summed E-state index contributed by atoms with van der Waals surface area (Å²) in [4.78, 5) is 24.7. The zero-order valence-electron chi connectivity index (χ0n) is 11.9. The van der Waals surface area contributed by atoms with E-state index in [1.54, 1.807) is 4.90 Å². The molecule has 1 N–H and O–H groups in total. The lowest BCUT2D eigenvalue weighted by molar-refractivity contribution is -0.132. The summed E-state index contributed by atoms with van der Waals surface area (Å²) >= 11 is 0. The van der Waals surface area contributed by atoms with Crippen LogP contribution in [0.5, 0.6) is 5.88 Å². The molecule has 2 amide bonds. The summed E-state index contributed by atoms with van der Waals surface area (Å²) in [6.07, 6.45) is 0. The number of urea groups is 1. The van der Waals surface area contributed by atoms with Crippen molar-refractivity contribution in [3.05, 3.63) is 47.5 Å². The van der Waals surface area contributed by atoms with Crippen molar-refractivity contribution in [2.24, 2.45) is 0 Å². The first-order valence-electron chi connectivity index (χ1n) is 6.76. The molecule has 0 spiro atoms. The third kappa shape index (κ3) is 3.03. The number of hydrogen-bond donors (Lipinski definition) is 1. The molecular formula is C15H14N4O3. The number of aromatic nitrogens is 2. The van der Waals surface area contributed by atoms with Crippen LogP contribution in [0.15, 0.2) is 36.4 Å². The van der Waals surface area contributed by atoms with E-state index < -0.39 is 5.97 Å². The van der Waals surface area contributed by atoms with E-state index in [0.717, 1.165) is 11.1 Å². The van der Waals surface area contributed by atoms with Gasteiger partial charge in [0.15, 0.2) is 5.82 Å². The summed E-state index contributed by atoms with van der Waals surface area (Å²) in [7, 11) is 0. The van der Waals surface area contributed by atoms with Crippen molar-refractivity contribution >= 4 is 17.8 Å². The fourth-order valence-corrected chi connectivity index (χ4v) is 2.25. The molecule has 1 aromatic carbocycles. The molecule has 2 heterocycles. The van der Waals surface area contributed by atoms with Gasteiger partial charge in [-0.1, -0.05) is 24.3 Å². The molecule has 0 bridgehead atoms. The smallest absolute Gasteiger partial charge is 0.323 e. The molecule has 1 aromatic heterocycles. The highest BCUT2D eigenvalue weighted by Gasteiger charge is 2.23. The highest BCUT2D eigenvalue weighted by molar-refractivity contribution is 5.88. The highest BCUT2D eigenvalue weighted by Crippen LogP contribution is 2.22. The van der Waals surface area contributed by atoms with Gasteiger partial charge in [0.05, 0.1) is 0 Å². The summed E-state index contributed by atoms with van der Waals surface area (Å²) in [5.41, 5.74) is 2.29. The predicted molar refractivity (Wildman–Crippen MR) is 78.0 cm³/mol. The molecule has 0 fully saturated rings. The quantitative estimate of drug-likeness (QED) is 0.857. The second-order valence-corrected chi connectivity index (χ2v) is 4.91. The van der Waals surface area contributed by atoms with Crippen LogP contribution < -0.4 is 10.1 Å². The van der Waals surface area contributed by atoms with Crippen LogP contribution in [0.2, 0.25) is 0 Å². The van der Waals surface area contributed by atoms with Crippen LogP contribution in [0.3, 0.4) is 0 Å². The molecule has 1 aliphatic rings. The molecule has 2 aromatic rings. The number of esters is 1. The van der Waals surface area contributed by atoms with E-state index in [4.69, 9.17) is 4.74 Å². The Bertz CT molecular complexity index is 690. The Hall–Kier alpha value is -2.96. The van der Waals surface area contributed by atoms with Crippen LogP contribution in [-0.2, 0) is 17.9 Å². The number of rotatable bonds is 2. The van der Waals surface area contributed by atoms with Crippen molar-refractivity contribution in [2.75, 3.05) is 5.32 Å². The Morgan fingerprint density at radius 3 is 2.32 bits per heavy atom. The summed E-state index contributed by atoms with van der Waals surface area (Å²) in [5.74, 6) is -0.0724. The minimum Gasteiger partial charge on any atom is -0.406 e. The van der Waals surface area contributed by atoms with Gasteiger partial charge in [-0.15, -0.1) is 10.2 Å². The van der Waals surface area contributed by atoms with Crippen molar-refractivity contribution in [3.8, 4) is 5.88 Å². The monoisotopic (exact) mass is 298 g/mol. The highest BCUT2D eigenvalue weighted by atomic mass is 16.5. The largest absolute Gasteiger partial charge is 0.406 e. The van der Waals surface area contributed by atoms with Gasteiger partial charge >= 0.3 is 12.0 Å². The third-order valence-corrected chi connectivity index (χ3v) is 3.25. The van der Waals surface area contributed by atoms with Crippen molar-refractivity contribution < 1.29 is 14.3 Å². The van der Waals surface area contributed by atoms with Crippen LogP contribution in [0.1, 0.15) is 18.1 Å². The molecule has 0 saturated heterocycles. The molecule has 1 aliphatic heterocycles. The standard InChI is InChI=1S/C15H14N4O3/c1-10(20)22-14-7-6-13(17-18-14)16-15(21)19-8-11-4-2-3-5-12(11)9-19/h2-7H,8-9H2,1H3,(H,16,17,21). The van der Waals surface area contributed by atoms with Gasteiger partial charge in [0, 0.05) is 26.1 Å². The van der Waals surface area contributed by atoms with Crippen LogP contribution in [0.25, 0.3) is 0 Å². The number of amides is 2. The fourth-order valence-electron chi connectivity index (χ4n) is 2.25. The topological polar surface area (TPSA) is 84.4 Å². The number of fused-ring (bicyclic) bond motifs is 1. The van der Waals surface area contributed by atoms with E-state index in [0.29, 0.717) is 18.9 Å². The van der Waals surface area contributed by atoms with Crippen molar-refractivity contribution in [3.63, 3.8) is 0 Å². The molecule has 0 aliphatic carbocycles. The number of carbonyl (C=O) groups excluding carboxylic acids is 2. The summed E-state index contributed by atoms with van der Waals surface area (Å²) in [6.45, 7) is 2.42. The van der Waals surface area contributed by atoms with Crippen LogP contribution in [-0.4, -0.2) is 27.1 Å². The van der Waals surface area contributed by atoms with Gasteiger partial charge < -0.3 is 9.64 Å². The summed E-state index contributed by atoms with van der Waals surface area (Å²) < 4.78 is 4.78. The zero-order valence-corrected chi connectivity index (χ0v) is 11.9. The molecule has 0 radical (unpaired) electrons. The molecule has 112 valence electrons. The average Bonchev–Trinajstić information content (AvgIpc) is 2.93. The lowest BCUT2D eigenvalue weighted by Crippen LogP contribution is -2.30. The number of anilines is 1. The number of ether oxygens (including phenoxy) is 1. The first-order chi connectivity index (χ1) is 10.6. The number of nitrogens with zero attached hydrogens (tertiary/aromatic N) is 3. The number of benzene rings is 1. The van der Waals surface area contributed by atoms with Gasteiger partial charge in [-0.2, -0.15) is 0 Å². The Kier molecular flexibility index (Phi) is 3.69. The van der Waals surface area contributed by atoms with E-state index in [1.807, 2.05) is 24.3 Å². The summed E-state index contributed by atoms with van der Waals surface area (Å²) in [5, 5.41) is 10.2. The maximum absolute atomic E-state index is 12.2. The number of hydrogen-bond acceptors (Lipinski definition) is 5. The van der Waals surface area contributed by atoms with Crippen LogP contribution in [0.4, 0.5) is 10.6 Å². The first kappa shape index (κ1) is 14.0. The molecule has 0 unspecified atom stereocenters. The number of nitrogens with one attached hydrogen (secondary N) is 1. The molecule has 0 atom stereocenters. The molecule has 3 rings (SSSR count). The van der Waals surface area contributed by atoms with Crippen LogP contribution >= 0.6 is 0 Å². The lowest BCUT2D eigenvalue weighted by Gasteiger charge is -2.15. The molecule has 0 saturated carbocycles. The Morgan fingerprint density at radius 2 is 1.77 bits per heavy atom. The molecule has 22 heavy (non-hydrogen) atoms. The minimum absolute atomic E-state index is 0.0964. The summed E-state index contributed by atoms with van der Waals surface area (Å²) in [6, 6.07) is 10.7. The van der Waals surface area contributed by atoms with E-state index in [-0.39, 0.29) is 11.9 Å². The fraction of sp³-hybridized carbons (Fsp3) is 0.200. The predicted octanol–water partition coefficient (Wildman–Crippen LogP) is 1.95. The Labute approximate surface area is 126 Å². The van der Waals surface area contributed by atoms with Gasteiger partial charge in [0.2, 0.25) is 5.88 Å². The van der Waals surface area contributed by atoms with Crippen molar-refractivity contribution in [1.82, 2.24) is 15.1 Å². The minimum atomic E-state index is -0.471. The van der Waals surface area contributed by atoms with Crippen LogP contribution in [0, 0.1) is 0 Å². The van der Waals surface area contributed by atoms with Gasteiger partial charge in [-0.25, -0.2) is 4.79 Å². The number of carbonyl (C=O) groups is 2. The van der Waals surface area contributed by atoms with E-state index >= 15 is 0 Å². The normalized spacial score (nSPS) is 12.7. The van der Waals surface area contributed by atoms with E-state index in [2.05, 4.69) is 15.5 Å². The Balaban J connectivity index is 1.62. The second-order valence-electron chi connectivity index (χ2n) is 4.91. The first-order valence-corrected chi connectivity index (χ1v) is 6.76. The van der Waals surface area contributed by atoms with Crippen molar-refractivity contribution in [2.45, 2.75) is 20.0 Å². The molecule has 7 nitrogen and oxygen atoms in total. The SMILES string of the molecule is CC(=O)Oc1ccc(NC(=O)N2Cc3ccccc3C2)nn1. The maximum Gasteiger partial charge on any atom is 0.323 e. The zero-order chi connectivity index (χ0) is 15.5. The van der Waals surface area contributed by atoms with Gasteiger partial charge in [-0.3, -0.25) is 10.1 Å². The van der Waals surface area contributed by atoms with E-state index in [1.165, 1.54) is 19.1 Å². The average molecular weight is 298 g/mol. The third-order valence-electron chi connectivity index (χ3n) is 3.25.